The fourth-order valence-corrected chi connectivity index (χ4v) is 5.70. The van der Waals surface area contributed by atoms with Gasteiger partial charge in [-0.1, -0.05) is 25.0 Å². The highest BCUT2D eigenvalue weighted by molar-refractivity contribution is 5.99. The van der Waals surface area contributed by atoms with Crippen LogP contribution in [0, 0.1) is 18.8 Å². The van der Waals surface area contributed by atoms with Crippen molar-refractivity contribution >= 4 is 18.0 Å². The summed E-state index contributed by atoms with van der Waals surface area (Å²) >= 11 is 0. The molecule has 2 aromatic heterocycles. The standard InChI is InChI=1S/C32H37N3O5/c1-3-38-32(37)27(19-30(36)35-20-25-6-4-5-7-26(25)21-35)18-23-8-10-28(11-9-23)39-17-14-29-22(2)40-31(34-29)24-12-15-33-16-13-24/h8-13,15-16,18,25-26H,3-7,14,17,19-21H2,1-2H3/b27-18+/t25-,26+. The van der Waals surface area contributed by atoms with E-state index in [1.165, 1.54) is 25.7 Å². The zero-order chi connectivity index (χ0) is 27.9. The fourth-order valence-electron chi connectivity index (χ4n) is 5.70. The molecule has 8 nitrogen and oxygen atoms in total. The number of pyridine rings is 1. The number of fused-ring (bicyclic) bond motifs is 1. The lowest BCUT2D eigenvalue weighted by molar-refractivity contribution is -0.140. The van der Waals surface area contributed by atoms with Crippen molar-refractivity contribution in [3.05, 3.63) is 71.4 Å². The Kier molecular flexibility index (Phi) is 8.94. The van der Waals surface area contributed by atoms with Crippen LogP contribution in [0.1, 0.15) is 56.0 Å². The minimum atomic E-state index is -0.443. The molecule has 5 rings (SSSR count). The first kappa shape index (κ1) is 27.6. The van der Waals surface area contributed by atoms with Crippen molar-refractivity contribution in [3.63, 3.8) is 0 Å². The second-order valence-corrected chi connectivity index (χ2v) is 10.6. The monoisotopic (exact) mass is 543 g/mol. The highest BCUT2D eigenvalue weighted by Crippen LogP contribution is 2.36. The van der Waals surface area contributed by atoms with Crippen molar-refractivity contribution in [2.75, 3.05) is 26.3 Å². The Morgan fingerprint density at radius 1 is 1.05 bits per heavy atom. The number of ether oxygens (including phenoxy) is 2. The molecule has 40 heavy (non-hydrogen) atoms. The summed E-state index contributed by atoms with van der Waals surface area (Å²) in [5, 5.41) is 0. The normalized spacial score (nSPS) is 18.9. The molecular formula is C32H37N3O5. The van der Waals surface area contributed by atoms with E-state index >= 15 is 0 Å². The van der Waals surface area contributed by atoms with Gasteiger partial charge in [-0.2, -0.15) is 0 Å². The smallest absolute Gasteiger partial charge is 0.334 e. The number of aromatic nitrogens is 2. The molecule has 1 aromatic carbocycles. The zero-order valence-electron chi connectivity index (χ0n) is 23.3. The van der Waals surface area contributed by atoms with E-state index < -0.39 is 5.97 Å². The van der Waals surface area contributed by atoms with E-state index in [4.69, 9.17) is 13.9 Å². The van der Waals surface area contributed by atoms with Crippen LogP contribution in [0.15, 0.2) is 58.8 Å². The number of esters is 1. The summed E-state index contributed by atoms with van der Waals surface area (Å²) < 4.78 is 17.0. The van der Waals surface area contributed by atoms with Gasteiger partial charge in [-0.3, -0.25) is 9.78 Å². The summed E-state index contributed by atoms with van der Waals surface area (Å²) in [7, 11) is 0. The Hall–Kier alpha value is -3.94. The van der Waals surface area contributed by atoms with E-state index in [9.17, 15) is 9.59 Å². The Balaban J connectivity index is 1.18. The van der Waals surface area contributed by atoms with Crippen molar-refractivity contribution < 1.29 is 23.5 Å². The molecule has 1 aliphatic carbocycles. The van der Waals surface area contributed by atoms with Crippen LogP contribution < -0.4 is 4.74 Å². The van der Waals surface area contributed by atoms with E-state index in [1.807, 2.05) is 48.2 Å². The van der Waals surface area contributed by atoms with E-state index in [0.717, 1.165) is 35.7 Å². The molecule has 0 unspecified atom stereocenters. The number of likely N-dealkylation sites (tertiary alicyclic amines) is 1. The molecular weight excluding hydrogens is 506 g/mol. The van der Waals surface area contributed by atoms with Gasteiger partial charge < -0.3 is 18.8 Å². The van der Waals surface area contributed by atoms with Crippen LogP contribution in [0.25, 0.3) is 17.5 Å². The second-order valence-electron chi connectivity index (χ2n) is 10.6. The fraction of sp³-hybridized carbons (Fsp3) is 0.438. The molecule has 210 valence electrons. The van der Waals surface area contributed by atoms with Crippen LogP contribution in [-0.4, -0.2) is 53.0 Å². The third-order valence-corrected chi connectivity index (χ3v) is 7.86. The number of hydrogen-bond acceptors (Lipinski definition) is 7. The quantitative estimate of drug-likeness (QED) is 0.241. The molecule has 3 heterocycles. The first-order valence-electron chi connectivity index (χ1n) is 14.2. The average molecular weight is 544 g/mol. The second kappa shape index (κ2) is 12.9. The maximum Gasteiger partial charge on any atom is 0.334 e. The largest absolute Gasteiger partial charge is 0.493 e. The van der Waals surface area contributed by atoms with E-state index in [2.05, 4.69) is 9.97 Å². The molecule has 1 amide bonds. The van der Waals surface area contributed by atoms with Crippen molar-refractivity contribution in [2.24, 2.45) is 11.8 Å². The third-order valence-electron chi connectivity index (χ3n) is 7.86. The number of oxazole rings is 1. The van der Waals surface area contributed by atoms with Crippen molar-refractivity contribution in [1.29, 1.82) is 0 Å². The Bertz CT molecular complexity index is 1320. The summed E-state index contributed by atoms with van der Waals surface area (Å²) in [5.41, 5.74) is 2.93. The Labute approximate surface area is 235 Å². The maximum absolute atomic E-state index is 13.1. The minimum Gasteiger partial charge on any atom is -0.493 e. The van der Waals surface area contributed by atoms with E-state index in [-0.39, 0.29) is 18.9 Å². The molecule has 1 saturated carbocycles. The van der Waals surface area contributed by atoms with Gasteiger partial charge in [0.15, 0.2) is 0 Å². The van der Waals surface area contributed by atoms with Gasteiger partial charge in [0.2, 0.25) is 11.8 Å². The van der Waals surface area contributed by atoms with Crippen LogP contribution in [0.2, 0.25) is 0 Å². The van der Waals surface area contributed by atoms with Gasteiger partial charge >= 0.3 is 5.97 Å². The molecule has 0 spiro atoms. The van der Waals surface area contributed by atoms with Crippen LogP contribution in [0.5, 0.6) is 5.75 Å². The lowest BCUT2D eigenvalue weighted by Gasteiger charge is -2.22. The van der Waals surface area contributed by atoms with Gasteiger partial charge in [0.1, 0.15) is 11.5 Å². The molecule has 8 heteroatoms. The molecule has 1 saturated heterocycles. The molecule has 0 N–H and O–H groups in total. The number of carbonyl (C=O) groups is 2. The zero-order valence-corrected chi connectivity index (χ0v) is 23.3. The van der Waals surface area contributed by atoms with Gasteiger partial charge in [0.25, 0.3) is 0 Å². The maximum atomic E-state index is 13.1. The predicted octanol–water partition coefficient (Wildman–Crippen LogP) is 5.65. The van der Waals surface area contributed by atoms with Crippen molar-refractivity contribution in [2.45, 2.75) is 52.4 Å². The SMILES string of the molecule is CCOC(=O)/C(=C/c1ccc(OCCc2nc(-c3ccncc3)oc2C)cc1)CC(=O)N1C[C@H]2CCCC[C@H]2C1. The number of rotatable bonds is 10. The summed E-state index contributed by atoms with van der Waals surface area (Å²) in [6.45, 7) is 6.00. The van der Waals surface area contributed by atoms with Gasteiger partial charge in [0, 0.05) is 43.0 Å². The van der Waals surface area contributed by atoms with Crippen molar-refractivity contribution in [3.8, 4) is 17.2 Å². The lowest BCUT2D eigenvalue weighted by atomic mass is 9.82. The van der Waals surface area contributed by atoms with Gasteiger partial charge in [0.05, 0.1) is 25.3 Å². The first-order chi connectivity index (χ1) is 19.5. The van der Waals surface area contributed by atoms with E-state index in [1.54, 1.807) is 25.4 Å². The summed E-state index contributed by atoms with van der Waals surface area (Å²) in [6, 6.07) is 11.2. The molecule has 0 radical (unpaired) electrons. The highest BCUT2D eigenvalue weighted by Gasteiger charge is 2.36. The highest BCUT2D eigenvalue weighted by atomic mass is 16.5. The first-order valence-corrected chi connectivity index (χ1v) is 14.2. The number of amides is 1. The Morgan fingerprint density at radius 2 is 1.75 bits per heavy atom. The van der Waals surface area contributed by atoms with Gasteiger partial charge in [-0.05, 0) is 74.4 Å². The lowest BCUT2D eigenvalue weighted by Crippen LogP contribution is -2.30. The van der Waals surface area contributed by atoms with Crippen LogP contribution >= 0.6 is 0 Å². The average Bonchev–Trinajstić information content (AvgIpc) is 3.58. The number of nitrogens with zero attached hydrogens (tertiary/aromatic N) is 3. The van der Waals surface area contributed by atoms with Gasteiger partial charge in [-0.15, -0.1) is 0 Å². The summed E-state index contributed by atoms with van der Waals surface area (Å²) in [5.74, 6) is 2.83. The minimum absolute atomic E-state index is 0.00361. The molecule has 0 bridgehead atoms. The third kappa shape index (κ3) is 6.79. The van der Waals surface area contributed by atoms with Crippen LogP contribution in [0.3, 0.4) is 0 Å². The number of hydrogen-bond donors (Lipinski definition) is 0. The molecule has 2 atom stereocenters. The summed E-state index contributed by atoms with van der Waals surface area (Å²) in [6.07, 6.45) is 10.7. The predicted molar refractivity (Wildman–Crippen MR) is 151 cm³/mol. The van der Waals surface area contributed by atoms with Crippen molar-refractivity contribution in [1.82, 2.24) is 14.9 Å². The number of benzene rings is 1. The Morgan fingerprint density at radius 3 is 2.42 bits per heavy atom. The molecule has 2 fully saturated rings. The number of carbonyl (C=O) groups excluding carboxylic acids is 2. The van der Waals surface area contributed by atoms with Crippen LogP contribution in [-0.2, 0) is 20.7 Å². The van der Waals surface area contributed by atoms with E-state index in [0.29, 0.717) is 42.1 Å². The molecule has 3 aromatic rings. The number of aryl methyl sites for hydroxylation is 1. The van der Waals surface area contributed by atoms with Gasteiger partial charge in [-0.25, -0.2) is 9.78 Å². The van der Waals surface area contributed by atoms with Crippen LogP contribution in [0.4, 0.5) is 0 Å². The topological polar surface area (TPSA) is 94.8 Å². The molecule has 1 aliphatic heterocycles. The molecule has 2 aliphatic rings. The summed E-state index contributed by atoms with van der Waals surface area (Å²) in [4.78, 5) is 36.4.